The van der Waals surface area contributed by atoms with Gasteiger partial charge in [0, 0.05) is 0 Å². The Morgan fingerprint density at radius 2 is 1.78 bits per heavy atom. The SMILES string of the molecule is FC(F)(F)SN=C(Cl)Cl. The highest BCUT2D eigenvalue weighted by Gasteiger charge is 2.28. The molecule has 0 bridgehead atoms. The first-order valence-corrected chi connectivity index (χ1v) is 3.08. The predicted molar refractivity (Wildman–Crippen MR) is 32.8 cm³/mol. The third-order valence-corrected chi connectivity index (χ3v) is 1.07. The second-order valence-corrected chi connectivity index (χ2v) is 2.61. The van der Waals surface area contributed by atoms with Gasteiger partial charge >= 0.3 is 5.51 Å². The molecule has 9 heavy (non-hydrogen) atoms. The maximum absolute atomic E-state index is 11.2. The molecule has 0 aliphatic rings. The van der Waals surface area contributed by atoms with Gasteiger partial charge < -0.3 is 0 Å². The lowest BCUT2D eigenvalue weighted by atomic mass is 11.6. The Labute approximate surface area is 63.4 Å². The minimum atomic E-state index is -4.41. The predicted octanol–water partition coefficient (Wildman–Crippen LogP) is 2.99. The molecular formula is C2Cl2F3NS. The Bertz CT molecular complexity index is 117. The normalized spacial score (nSPS) is 11.2. The van der Waals surface area contributed by atoms with Crippen molar-refractivity contribution in [3.05, 3.63) is 0 Å². The molecule has 0 rings (SSSR count). The summed E-state index contributed by atoms with van der Waals surface area (Å²) in [4.78, 5) is 0. The maximum atomic E-state index is 11.2. The molecule has 1 nitrogen and oxygen atoms in total. The molecule has 0 saturated heterocycles. The first kappa shape index (κ1) is 9.39. The molecule has 0 aromatic heterocycles. The first-order valence-electron chi connectivity index (χ1n) is 1.56. The van der Waals surface area contributed by atoms with Gasteiger partial charge in [-0.1, -0.05) is 0 Å². The third-order valence-electron chi connectivity index (χ3n) is 0.218. The average Bonchev–Trinajstić information content (AvgIpc) is 1.59. The number of halogens is 5. The highest BCUT2D eigenvalue weighted by atomic mass is 35.5. The van der Waals surface area contributed by atoms with Crippen LogP contribution in [0.2, 0.25) is 0 Å². The molecule has 0 heterocycles. The zero-order valence-electron chi connectivity index (χ0n) is 3.75. The van der Waals surface area contributed by atoms with Crippen LogP contribution < -0.4 is 0 Å². The van der Waals surface area contributed by atoms with E-state index in [-0.39, 0.29) is 0 Å². The van der Waals surface area contributed by atoms with Gasteiger partial charge in [0.25, 0.3) is 0 Å². The van der Waals surface area contributed by atoms with Gasteiger partial charge in [-0.25, -0.2) is 0 Å². The van der Waals surface area contributed by atoms with Crippen molar-refractivity contribution in [2.45, 2.75) is 5.51 Å². The van der Waals surface area contributed by atoms with Crippen molar-refractivity contribution in [2.75, 3.05) is 0 Å². The molecule has 54 valence electrons. The van der Waals surface area contributed by atoms with Crippen LogP contribution in [0.3, 0.4) is 0 Å². The second kappa shape index (κ2) is 3.53. The Morgan fingerprint density at radius 3 is 1.89 bits per heavy atom. The van der Waals surface area contributed by atoms with E-state index in [9.17, 15) is 13.2 Å². The molecule has 0 amide bonds. The monoisotopic (exact) mass is 197 g/mol. The molecular weight excluding hydrogens is 198 g/mol. The van der Waals surface area contributed by atoms with Crippen LogP contribution in [0.5, 0.6) is 0 Å². The summed E-state index contributed by atoms with van der Waals surface area (Å²) in [5.41, 5.74) is -4.41. The first-order chi connectivity index (χ1) is 3.92. The Hall–Kier alpha value is 0.390. The molecule has 0 radical (unpaired) electrons. The number of hydrogen-bond acceptors (Lipinski definition) is 2. The van der Waals surface area contributed by atoms with Gasteiger partial charge in [0.05, 0.1) is 11.9 Å². The molecule has 0 atom stereocenters. The zero-order valence-corrected chi connectivity index (χ0v) is 6.07. The van der Waals surface area contributed by atoms with Gasteiger partial charge in [0.1, 0.15) is 0 Å². The maximum Gasteiger partial charge on any atom is 0.463 e. The van der Waals surface area contributed by atoms with Crippen molar-refractivity contribution in [3.63, 3.8) is 0 Å². The summed E-state index contributed by atoms with van der Waals surface area (Å²) < 4.78 is 35.5. The zero-order chi connectivity index (χ0) is 7.49. The molecule has 0 fully saturated rings. The largest absolute Gasteiger partial charge is 0.463 e. The van der Waals surface area contributed by atoms with Crippen LogP contribution in [0.1, 0.15) is 0 Å². The summed E-state index contributed by atoms with van der Waals surface area (Å²) in [6.45, 7) is 0. The van der Waals surface area contributed by atoms with Crippen LogP contribution in [0.15, 0.2) is 4.40 Å². The summed E-state index contributed by atoms with van der Waals surface area (Å²) in [5.74, 6) is 0. The fourth-order valence-electron chi connectivity index (χ4n) is 0.0863. The summed E-state index contributed by atoms with van der Waals surface area (Å²) in [7, 11) is 0. The van der Waals surface area contributed by atoms with Gasteiger partial charge in [-0.05, 0) is 23.2 Å². The van der Waals surface area contributed by atoms with Gasteiger partial charge in [-0.15, -0.1) is 0 Å². The lowest BCUT2D eigenvalue weighted by molar-refractivity contribution is -0.0327. The summed E-state index contributed by atoms with van der Waals surface area (Å²) >= 11 is 8.92. The Morgan fingerprint density at radius 1 is 1.33 bits per heavy atom. The number of alkyl halides is 3. The molecule has 0 spiro atoms. The van der Waals surface area contributed by atoms with E-state index < -0.39 is 22.1 Å². The van der Waals surface area contributed by atoms with E-state index in [4.69, 9.17) is 23.2 Å². The molecule has 0 saturated carbocycles. The summed E-state index contributed by atoms with van der Waals surface area (Å²) in [6, 6.07) is 0. The van der Waals surface area contributed by atoms with E-state index >= 15 is 0 Å². The smallest absolute Gasteiger partial charge is 0.183 e. The van der Waals surface area contributed by atoms with Crippen molar-refractivity contribution in [1.29, 1.82) is 0 Å². The minimum absolute atomic E-state index is 0.634. The van der Waals surface area contributed by atoms with E-state index in [2.05, 4.69) is 4.40 Å². The molecule has 0 aromatic carbocycles. The fourth-order valence-corrected chi connectivity index (χ4v) is 0.466. The minimum Gasteiger partial charge on any atom is -0.183 e. The molecule has 0 aliphatic heterocycles. The summed E-state index contributed by atoms with van der Waals surface area (Å²) in [5, 5.41) is 0. The average molecular weight is 198 g/mol. The molecule has 7 heteroatoms. The highest BCUT2D eigenvalue weighted by Crippen LogP contribution is 2.31. The summed E-state index contributed by atoms with van der Waals surface area (Å²) in [6.07, 6.45) is 0. The van der Waals surface area contributed by atoms with Gasteiger partial charge in [0.15, 0.2) is 0 Å². The standard InChI is InChI=1S/C2Cl2F3NS/c3-1(4)8-9-2(5,6)7. The second-order valence-electron chi connectivity index (χ2n) is 0.869. The van der Waals surface area contributed by atoms with Crippen molar-refractivity contribution in [3.8, 4) is 0 Å². The van der Waals surface area contributed by atoms with Gasteiger partial charge in [0.2, 0.25) is 4.63 Å². The lowest BCUT2D eigenvalue weighted by Gasteiger charge is -1.96. The number of hydrogen-bond donors (Lipinski definition) is 0. The van der Waals surface area contributed by atoms with Crippen LogP contribution in [0, 0.1) is 0 Å². The number of rotatable bonds is 1. The van der Waals surface area contributed by atoms with Crippen LogP contribution >= 0.6 is 35.1 Å². The molecule has 0 N–H and O–H groups in total. The van der Waals surface area contributed by atoms with Crippen LogP contribution in [-0.2, 0) is 0 Å². The quantitative estimate of drug-likeness (QED) is 0.466. The molecule has 0 unspecified atom stereocenters. The Kier molecular flexibility index (Phi) is 3.68. The molecule has 0 aliphatic carbocycles. The third kappa shape index (κ3) is 8.39. The van der Waals surface area contributed by atoms with Crippen molar-refractivity contribution in [1.82, 2.24) is 0 Å². The fraction of sp³-hybridized carbons (Fsp3) is 0.500. The van der Waals surface area contributed by atoms with Crippen molar-refractivity contribution in [2.24, 2.45) is 4.40 Å². The number of nitrogens with zero attached hydrogens (tertiary/aromatic N) is 1. The van der Waals surface area contributed by atoms with E-state index in [1.54, 1.807) is 0 Å². The topological polar surface area (TPSA) is 12.4 Å². The van der Waals surface area contributed by atoms with Crippen molar-refractivity contribution < 1.29 is 13.2 Å². The lowest BCUT2D eigenvalue weighted by Crippen LogP contribution is -1.96. The van der Waals surface area contributed by atoms with Gasteiger partial charge in [-0.2, -0.15) is 17.6 Å². The van der Waals surface area contributed by atoms with Crippen LogP contribution in [0.25, 0.3) is 0 Å². The molecule has 0 aromatic rings. The Balaban J connectivity index is 3.64. The van der Waals surface area contributed by atoms with Crippen LogP contribution in [-0.4, -0.2) is 10.1 Å². The van der Waals surface area contributed by atoms with Gasteiger partial charge in [-0.3, -0.25) is 0 Å². The highest BCUT2D eigenvalue weighted by molar-refractivity contribution is 7.99. The van der Waals surface area contributed by atoms with Crippen molar-refractivity contribution >= 4 is 39.8 Å². The van der Waals surface area contributed by atoms with E-state index in [0.717, 1.165) is 0 Å². The van der Waals surface area contributed by atoms with E-state index in [1.807, 2.05) is 0 Å². The van der Waals surface area contributed by atoms with Crippen LogP contribution in [0.4, 0.5) is 13.2 Å². The van der Waals surface area contributed by atoms with E-state index in [1.165, 1.54) is 0 Å². The van der Waals surface area contributed by atoms with E-state index in [0.29, 0.717) is 0 Å².